The molecule has 2 heterocycles. The minimum Gasteiger partial charge on any atom is -0.494 e. The number of carbonyl (C=O) groups is 1. The molecule has 3 rings (SSSR count). The van der Waals surface area contributed by atoms with Gasteiger partial charge in [-0.2, -0.15) is 0 Å². The van der Waals surface area contributed by atoms with Gasteiger partial charge in [0.1, 0.15) is 5.75 Å². The molecule has 0 saturated carbocycles. The summed E-state index contributed by atoms with van der Waals surface area (Å²) >= 11 is 0. The van der Waals surface area contributed by atoms with E-state index in [1.165, 1.54) is 25.7 Å². The Morgan fingerprint density at radius 3 is 2.64 bits per heavy atom. The van der Waals surface area contributed by atoms with Crippen LogP contribution in [-0.4, -0.2) is 31.1 Å². The predicted octanol–water partition coefficient (Wildman–Crippen LogP) is 2.49. The first kappa shape index (κ1) is 15.3. The molecule has 2 bridgehead atoms. The summed E-state index contributed by atoms with van der Waals surface area (Å²) in [7, 11) is 0. The van der Waals surface area contributed by atoms with Gasteiger partial charge in [0.25, 0.3) is 0 Å². The number of ether oxygens (including phenoxy) is 1. The first-order valence-corrected chi connectivity index (χ1v) is 8.50. The SMILES string of the molecule is O=C(CC1CC2CCC(C1)N2)NCCCOc1ccccc1. The summed E-state index contributed by atoms with van der Waals surface area (Å²) in [5.41, 5.74) is 0. The average Bonchev–Trinajstić information content (AvgIpc) is 2.87. The van der Waals surface area contributed by atoms with E-state index in [2.05, 4.69) is 10.6 Å². The Bertz CT molecular complexity index is 465. The number of hydrogen-bond acceptors (Lipinski definition) is 3. The summed E-state index contributed by atoms with van der Waals surface area (Å²) in [5.74, 6) is 1.66. The van der Waals surface area contributed by atoms with E-state index < -0.39 is 0 Å². The van der Waals surface area contributed by atoms with Crippen LogP contribution in [0.25, 0.3) is 0 Å². The largest absolute Gasteiger partial charge is 0.494 e. The van der Waals surface area contributed by atoms with Gasteiger partial charge >= 0.3 is 0 Å². The van der Waals surface area contributed by atoms with Crippen molar-refractivity contribution < 1.29 is 9.53 Å². The van der Waals surface area contributed by atoms with Gasteiger partial charge in [-0.25, -0.2) is 0 Å². The third kappa shape index (κ3) is 4.47. The Morgan fingerprint density at radius 1 is 1.18 bits per heavy atom. The van der Waals surface area contributed by atoms with Gasteiger partial charge in [0.2, 0.25) is 5.91 Å². The Labute approximate surface area is 132 Å². The zero-order valence-electron chi connectivity index (χ0n) is 13.1. The van der Waals surface area contributed by atoms with E-state index in [9.17, 15) is 4.79 Å². The zero-order chi connectivity index (χ0) is 15.2. The molecule has 1 aromatic rings. The topological polar surface area (TPSA) is 50.4 Å². The number of carbonyl (C=O) groups excluding carboxylic acids is 1. The van der Waals surface area contributed by atoms with Gasteiger partial charge in [-0.3, -0.25) is 4.79 Å². The van der Waals surface area contributed by atoms with Crippen LogP contribution < -0.4 is 15.4 Å². The molecule has 0 aliphatic carbocycles. The fraction of sp³-hybridized carbons (Fsp3) is 0.611. The van der Waals surface area contributed by atoms with Gasteiger partial charge in [0.05, 0.1) is 6.61 Å². The molecule has 2 N–H and O–H groups in total. The van der Waals surface area contributed by atoms with Crippen LogP contribution in [0.4, 0.5) is 0 Å². The van der Waals surface area contributed by atoms with Gasteiger partial charge in [-0.15, -0.1) is 0 Å². The smallest absolute Gasteiger partial charge is 0.220 e. The maximum atomic E-state index is 12.0. The second-order valence-electron chi connectivity index (χ2n) is 6.54. The van der Waals surface area contributed by atoms with E-state index in [-0.39, 0.29) is 5.91 Å². The van der Waals surface area contributed by atoms with Crippen molar-refractivity contribution in [1.29, 1.82) is 0 Å². The summed E-state index contributed by atoms with van der Waals surface area (Å²) < 4.78 is 5.61. The fourth-order valence-corrected chi connectivity index (χ4v) is 3.68. The first-order valence-electron chi connectivity index (χ1n) is 8.50. The number of nitrogens with one attached hydrogen (secondary N) is 2. The van der Waals surface area contributed by atoms with Crippen molar-refractivity contribution in [2.45, 2.75) is 50.6 Å². The Kier molecular flexibility index (Phi) is 5.33. The monoisotopic (exact) mass is 302 g/mol. The van der Waals surface area contributed by atoms with Crippen molar-refractivity contribution in [3.63, 3.8) is 0 Å². The second kappa shape index (κ2) is 7.63. The van der Waals surface area contributed by atoms with Gasteiger partial charge in [0.15, 0.2) is 0 Å². The number of para-hydroxylation sites is 1. The lowest BCUT2D eigenvalue weighted by Crippen LogP contribution is -2.39. The van der Waals surface area contributed by atoms with Crippen molar-refractivity contribution in [2.24, 2.45) is 5.92 Å². The predicted molar refractivity (Wildman–Crippen MR) is 86.9 cm³/mol. The van der Waals surface area contributed by atoms with Crippen LogP contribution in [0.2, 0.25) is 0 Å². The van der Waals surface area contributed by atoms with E-state index >= 15 is 0 Å². The average molecular weight is 302 g/mol. The van der Waals surface area contributed by atoms with Crippen molar-refractivity contribution in [1.82, 2.24) is 10.6 Å². The van der Waals surface area contributed by atoms with Gasteiger partial charge in [-0.1, -0.05) is 18.2 Å². The van der Waals surface area contributed by atoms with Gasteiger partial charge in [0, 0.05) is 25.0 Å². The lowest BCUT2D eigenvalue weighted by atomic mass is 9.89. The van der Waals surface area contributed by atoms with Crippen molar-refractivity contribution in [2.75, 3.05) is 13.2 Å². The number of amides is 1. The summed E-state index contributed by atoms with van der Waals surface area (Å²) in [6.07, 6.45) is 6.45. The number of hydrogen-bond donors (Lipinski definition) is 2. The van der Waals surface area contributed by atoms with Crippen molar-refractivity contribution in [3.8, 4) is 5.75 Å². The molecule has 1 amide bonds. The molecule has 2 fully saturated rings. The van der Waals surface area contributed by atoms with Crippen LogP contribution in [0.1, 0.15) is 38.5 Å². The van der Waals surface area contributed by atoms with Crippen LogP contribution in [0.3, 0.4) is 0 Å². The highest BCUT2D eigenvalue weighted by Crippen LogP contribution is 2.32. The quantitative estimate of drug-likeness (QED) is 0.761. The Hall–Kier alpha value is -1.55. The molecule has 1 aromatic carbocycles. The molecule has 120 valence electrons. The first-order chi connectivity index (χ1) is 10.8. The highest BCUT2D eigenvalue weighted by atomic mass is 16.5. The summed E-state index contributed by atoms with van der Waals surface area (Å²) in [6, 6.07) is 11.1. The Balaban J connectivity index is 1.27. The van der Waals surface area contributed by atoms with E-state index in [4.69, 9.17) is 4.74 Å². The highest BCUT2D eigenvalue weighted by Gasteiger charge is 2.33. The highest BCUT2D eigenvalue weighted by molar-refractivity contribution is 5.76. The number of piperidine rings is 1. The molecule has 4 heteroatoms. The third-order valence-electron chi connectivity index (χ3n) is 4.70. The zero-order valence-corrected chi connectivity index (χ0v) is 13.1. The molecule has 2 aliphatic heterocycles. The molecular formula is C18H26N2O2. The minimum absolute atomic E-state index is 0.200. The fourth-order valence-electron chi connectivity index (χ4n) is 3.68. The molecular weight excluding hydrogens is 276 g/mol. The maximum Gasteiger partial charge on any atom is 0.220 e. The van der Waals surface area contributed by atoms with Crippen LogP contribution in [0.15, 0.2) is 30.3 Å². The lowest BCUT2D eigenvalue weighted by molar-refractivity contribution is -0.122. The van der Waals surface area contributed by atoms with E-state index in [0.717, 1.165) is 12.2 Å². The molecule has 2 aliphatic rings. The number of benzene rings is 1. The second-order valence-corrected chi connectivity index (χ2v) is 6.54. The molecule has 22 heavy (non-hydrogen) atoms. The summed E-state index contributed by atoms with van der Waals surface area (Å²) in [5, 5.41) is 6.65. The minimum atomic E-state index is 0.200. The lowest BCUT2D eigenvalue weighted by Gasteiger charge is -2.28. The van der Waals surface area contributed by atoms with Crippen LogP contribution in [0.5, 0.6) is 5.75 Å². The molecule has 2 unspecified atom stereocenters. The van der Waals surface area contributed by atoms with Crippen LogP contribution in [0, 0.1) is 5.92 Å². The third-order valence-corrected chi connectivity index (χ3v) is 4.70. The van der Waals surface area contributed by atoms with E-state index in [0.29, 0.717) is 37.6 Å². The summed E-state index contributed by atoms with van der Waals surface area (Å²) in [6.45, 7) is 1.34. The maximum absolute atomic E-state index is 12.0. The molecule has 2 saturated heterocycles. The van der Waals surface area contributed by atoms with Gasteiger partial charge in [-0.05, 0) is 50.2 Å². The number of fused-ring (bicyclic) bond motifs is 2. The van der Waals surface area contributed by atoms with E-state index in [1.807, 2.05) is 30.3 Å². The molecule has 2 atom stereocenters. The van der Waals surface area contributed by atoms with Crippen LogP contribution in [-0.2, 0) is 4.79 Å². The van der Waals surface area contributed by atoms with E-state index in [1.54, 1.807) is 0 Å². The van der Waals surface area contributed by atoms with Gasteiger partial charge < -0.3 is 15.4 Å². The summed E-state index contributed by atoms with van der Waals surface area (Å²) in [4.78, 5) is 12.0. The molecule has 4 nitrogen and oxygen atoms in total. The normalized spacial score (nSPS) is 26.6. The standard InChI is InChI=1S/C18H26N2O2/c21-18(13-14-11-15-7-8-16(12-14)20-15)19-9-4-10-22-17-5-2-1-3-6-17/h1-3,5-6,14-16,20H,4,7-13H2,(H,19,21). The van der Waals surface area contributed by atoms with Crippen LogP contribution >= 0.6 is 0 Å². The number of rotatable bonds is 7. The van der Waals surface area contributed by atoms with Crippen molar-refractivity contribution >= 4 is 5.91 Å². The van der Waals surface area contributed by atoms with Crippen molar-refractivity contribution in [3.05, 3.63) is 30.3 Å². The molecule has 0 aromatic heterocycles. The molecule has 0 spiro atoms. The molecule has 0 radical (unpaired) electrons. The Morgan fingerprint density at radius 2 is 1.91 bits per heavy atom.